The topological polar surface area (TPSA) is 63.2 Å². The zero-order valence-electron chi connectivity index (χ0n) is 9.66. The van der Waals surface area contributed by atoms with Crippen LogP contribution in [0.1, 0.15) is 12.0 Å². The van der Waals surface area contributed by atoms with Gasteiger partial charge in [-0.3, -0.25) is 4.79 Å². The molecule has 4 nitrogen and oxygen atoms in total. The smallest absolute Gasteiger partial charge is 0.225 e. The molecule has 17 heavy (non-hydrogen) atoms. The van der Waals surface area contributed by atoms with E-state index in [9.17, 15) is 13.2 Å². The number of hydrogen-bond donors (Lipinski definition) is 1. The first-order valence-electron chi connectivity index (χ1n) is 5.01. The number of carbonyl (C=O) groups excluding carboxylic acids is 1. The molecule has 0 spiro atoms. The molecule has 0 unspecified atom stereocenters. The Morgan fingerprint density at radius 2 is 2.06 bits per heavy atom. The zero-order chi connectivity index (χ0) is 13.1. The van der Waals surface area contributed by atoms with Crippen LogP contribution in [-0.4, -0.2) is 26.3 Å². The normalized spacial score (nSPS) is 11.2. The molecule has 0 fully saturated rings. The predicted octanol–water partition coefficient (Wildman–Crippen LogP) is 2.13. The second-order valence-corrected chi connectivity index (χ2v) is 7.03. The fourth-order valence-corrected chi connectivity index (χ4v) is 2.36. The monoisotopic (exact) mass is 319 g/mol. The summed E-state index contributed by atoms with van der Waals surface area (Å²) >= 11 is 3.33. The zero-order valence-corrected chi connectivity index (χ0v) is 12.1. The van der Waals surface area contributed by atoms with Gasteiger partial charge in [0.1, 0.15) is 9.84 Å². The highest BCUT2D eigenvalue weighted by atomic mass is 79.9. The van der Waals surface area contributed by atoms with Crippen molar-refractivity contribution in [3.63, 3.8) is 0 Å². The standard InChI is InChI=1S/C11H14BrNO3S/c1-8-3-4-10(9(12)7-8)13-11(14)5-6-17(2,15)16/h3-4,7H,5-6H2,1-2H3,(H,13,14). The number of benzene rings is 1. The lowest BCUT2D eigenvalue weighted by Crippen LogP contribution is -2.16. The Kier molecular flexibility index (Phi) is 4.70. The Morgan fingerprint density at radius 1 is 1.41 bits per heavy atom. The maximum Gasteiger partial charge on any atom is 0.225 e. The van der Waals surface area contributed by atoms with Gasteiger partial charge < -0.3 is 5.32 Å². The van der Waals surface area contributed by atoms with Crippen LogP contribution in [0, 0.1) is 6.92 Å². The van der Waals surface area contributed by atoms with Gasteiger partial charge in [-0.25, -0.2) is 8.42 Å². The highest BCUT2D eigenvalue weighted by Crippen LogP contribution is 2.23. The van der Waals surface area contributed by atoms with Crippen LogP contribution in [-0.2, 0) is 14.6 Å². The summed E-state index contributed by atoms with van der Waals surface area (Å²) in [5.41, 5.74) is 1.72. The number of rotatable bonds is 4. The van der Waals surface area contributed by atoms with Crippen LogP contribution in [0.5, 0.6) is 0 Å². The van der Waals surface area contributed by atoms with E-state index in [4.69, 9.17) is 0 Å². The lowest BCUT2D eigenvalue weighted by molar-refractivity contribution is -0.115. The van der Waals surface area contributed by atoms with E-state index in [2.05, 4.69) is 21.2 Å². The molecule has 0 aromatic heterocycles. The molecule has 1 aromatic rings. The molecule has 0 bridgehead atoms. The van der Waals surface area contributed by atoms with Crippen molar-refractivity contribution in [2.45, 2.75) is 13.3 Å². The van der Waals surface area contributed by atoms with E-state index in [1.54, 1.807) is 6.07 Å². The molecule has 0 saturated heterocycles. The van der Waals surface area contributed by atoms with Gasteiger partial charge in [-0.05, 0) is 40.5 Å². The quantitative estimate of drug-likeness (QED) is 0.924. The van der Waals surface area contributed by atoms with Gasteiger partial charge in [-0.1, -0.05) is 6.07 Å². The first kappa shape index (κ1) is 14.2. The van der Waals surface area contributed by atoms with Crippen molar-refractivity contribution in [2.24, 2.45) is 0 Å². The summed E-state index contributed by atoms with van der Waals surface area (Å²) in [4.78, 5) is 11.5. The second-order valence-electron chi connectivity index (χ2n) is 3.91. The van der Waals surface area contributed by atoms with Gasteiger partial charge in [0.2, 0.25) is 5.91 Å². The third kappa shape index (κ3) is 5.32. The van der Waals surface area contributed by atoms with Crippen molar-refractivity contribution in [1.82, 2.24) is 0 Å². The number of amides is 1. The largest absolute Gasteiger partial charge is 0.325 e. The molecule has 0 radical (unpaired) electrons. The van der Waals surface area contributed by atoms with Crippen LogP contribution in [0.3, 0.4) is 0 Å². The first-order valence-corrected chi connectivity index (χ1v) is 7.87. The third-order valence-electron chi connectivity index (χ3n) is 2.10. The van der Waals surface area contributed by atoms with Crippen molar-refractivity contribution < 1.29 is 13.2 Å². The summed E-state index contributed by atoms with van der Waals surface area (Å²) in [6.07, 6.45) is 1.08. The van der Waals surface area contributed by atoms with Gasteiger partial charge in [0, 0.05) is 17.1 Å². The number of anilines is 1. The van der Waals surface area contributed by atoms with Crippen molar-refractivity contribution in [2.75, 3.05) is 17.3 Å². The van der Waals surface area contributed by atoms with Crippen LogP contribution in [0.4, 0.5) is 5.69 Å². The molecule has 0 heterocycles. The molecule has 0 atom stereocenters. The minimum Gasteiger partial charge on any atom is -0.325 e. The van der Waals surface area contributed by atoms with Crippen LogP contribution in [0.2, 0.25) is 0 Å². The van der Waals surface area contributed by atoms with E-state index in [0.717, 1.165) is 16.3 Å². The fraction of sp³-hybridized carbons (Fsp3) is 0.364. The van der Waals surface area contributed by atoms with Gasteiger partial charge in [0.05, 0.1) is 11.4 Å². The van der Waals surface area contributed by atoms with Crippen LogP contribution in [0.25, 0.3) is 0 Å². The molecule has 0 saturated carbocycles. The molecule has 0 aliphatic carbocycles. The van der Waals surface area contributed by atoms with Crippen molar-refractivity contribution in [3.8, 4) is 0 Å². The Labute approximate surface area is 109 Å². The predicted molar refractivity (Wildman–Crippen MR) is 71.8 cm³/mol. The summed E-state index contributed by atoms with van der Waals surface area (Å²) in [5, 5.41) is 2.66. The lowest BCUT2D eigenvalue weighted by atomic mass is 10.2. The van der Waals surface area contributed by atoms with E-state index in [1.807, 2.05) is 19.1 Å². The van der Waals surface area contributed by atoms with E-state index in [1.165, 1.54) is 0 Å². The van der Waals surface area contributed by atoms with E-state index < -0.39 is 9.84 Å². The number of nitrogens with one attached hydrogen (secondary N) is 1. The summed E-state index contributed by atoms with van der Waals surface area (Å²) in [6.45, 7) is 1.94. The van der Waals surface area contributed by atoms with Crippen molar-refractivity contribution in [1.29, 1.82) is 0 Å². The SMILES string of the molecule is Cc1ccc(NC(=O)CCS(C)(=O)=O)c(Br)c1. The lowest BCUT2D eigenvalue weighted by Gasteiger charge is -2.07. The second kappa shape index (κ2) is 5.64. The van der Waals surface area contributed by atoms with Gasteiger partial charge in [0.15, 0.2) is 0 Å². The Morgan fingerprint density at radius 3 is 2.59 bits per heavy atom. The Balaban J connectivity index is 2.62. The summed E-state index contributed by atoms with van der Waals surface area (Å²) < 4.78 is 22.6. The van der Waals surface area contributed by atoms with Crippen LogP contribution in [0.15, 0.2) is 22.7 Å². The molecular weight excluding hydrogens is 306 g/mol. The van der Waals surface area contributed by atoms with E-state index >= 15 is 0 Å². The third-order valence-corrected chi connectivity index (χ3v) is 3.70. The van der Waals surface area contributed by atoms with Gasteiger partial charge in [-0.2, -0.15) is 0 Å². The molecule has 0 aliphatic rings. The van der Waals surface area contributed by atoms with Crippen molar-refractivity contribution >= 4 is 37.4 Å². The molecule has 1 amide bonds. The van der Waals surface area contributed by atoms with E-state index in [0.29, 0.717) is 5.69 Å². The fourth-order valence-electron chi connectivity index (χ4n) is 1.21. The van der Waals surface area contributed by atoms with E-state index in [-0.39, 0.29) is 18.1 Å². The number of aryl methyl sites for hydroxylation is 1. The van der Waals surface area contributed by atoms with Crippen LogP contribution < -0.4 is 5.32 Å². The highest BCUT2D eigenvalue weighted by Gasteiger charge is 2.09. The maximum absolute atomic E-state index is 11.5. The summed E-state index contributed by atoms with van der Waals surface area (Å²) in [7, 11) is -3.10. The van der Waals surface area contributed by atoms with Crippen molar-refractivity contribution in [3.05, 3.63) is 28.2 Å². The van der Waals surface area contributed by atoms with Gasteiger partial charge >= 0.3 is 0 Å². The van der Waals surface area contributed by atoms with Gasteiger partial charge in [0.25, 0.3) is 0 Å². The van der Waals surface area contributed by atoms with Crippen LogP contribution >= 0.6 is 15.9 Å². The maximum atomic E-state index is 11.5. The molecule has 1 rings (SSSR count). The number of hydrogen-bond acceptors (Lipinski definition) is 3. The number of carbonyl (C=O) groups is 1. The van der Waals surface area contributed by atoms with Gasteiger partial charge in [-0.15, -0.1) is 0 Å². The minimum atomic E-state index is -3.10. The first-order chi connectivity index (χ1) is 7.78. The number of sulfone groups is 1. The summed E-state index contributed by atoms with van der Waals surface area (Å²) in [6, 6.07) is 5.53. The molecular formula is C11H14BrNO3S. The highest BCUT2D eigenvalue weighted by molar-refractivity contribution is 9.10. The Hall–Kier alpha value is -0.880. The molecule has 6 heteroatoms. The average molecular weight is 320 g/mol. The Bertz CT molecular complexity index is 526. The molecule has 1 aromatic carbocycles. The number of halogens is 1. The molecule has 1 N–H and O–H groups in total. The summed E-state index contributed by atoms with van der Waals surface area (Å²) in [5.74, 6) is -0.442. The molecule has 0 aliphatic heterocycles. The molecule has 94 valence electrons. The average Bonchev–Trinajstić information content (AvgIpc) is 2.18. The minimum absolute atomic E-state index is 0.0286.